The summed E-state index contributed by atoms with van der Waals surface area (Å²) in [6.45, 7) is 4.40. The molecule has 4 heterocycles. The number of aromatic nitrogens is 3. The van der Waals surface area contributed by atoms with Crippen LogP contribution in [0.1, 0.15) is 36.8 Å². The SMILES string of the molecule is Cc1cnc(N2CCC(Oc3nc4ccc(C5=CCN(S(=O)(=O)CCCO)CC5)cc4s3)CC2)nc1. The Labute approximate surface area is 215 Å². The van der Waals surface area contributed by atoms with E-state index in [1.807, 2.05) is 37.5 Å². The van der Waals surface area contributed by atoms with E-state index >= 15 is 0 Å². The van der Waals surface area contributed by atoms with Crippen LogP contribution in [0.2, 0.25) is 0 Å². The lowest BCUT2D eigenvalue weighted by Gasteiger charge is -2.31. The van der Waals surface area contributed by atoms with Gasteiger partial charge in [0.05, 0.1) is 16.0 Å². The molecule has 0 radical (unpaired) electrons. The van der Waals surface area contributed by atoms with Crippen molar-refractivity contribution in [2.45, 2.75) is 38.7 Å². The predicted molar refractivity (Wildman–Crippen MR) is 142 cm³/mol. The molecule has 0 atom stereocenters. The number of fused-ring (bicyclic) bond motifs is 1. The third-order valence-corrected chi connectivity index (χ3v) is 9.46. The van der Waals surface area contributed by atoms with Gasteiger partial charge in [0.25, 0.3) is 5.19 Å². The number of ether oxygens (including phenoxy) is 1. The molecule has 36 heavy (non-hydrogen) atoms. The number of thiazole rings is 1. The Balaban J connectivity index is 1.20. The van der Waals surface area contributed by atoms with E-state index in [9.17, 15) is 8.42 Å². The molecule has 0 unspecified atom stereocenters. The van der Waals surface area contributed by atoms with Crippen molar-refractivity contribution >= 4 is 43.1 Å². The molecule has 2 aliphatic heterocycles. The first kappa shape index (κ1) is 25.1. The van der Waals surface area contributed by atoms with Gasteiger partial charge in [-0.2, -0.15) is 4.31 Å². The second kappa shape index (κ2) is 10.8. The first-order valence-electron chi connectivity index (χ1n) is 12.3. The molecule has 0 aliphatic carbocycles. The van der Waals surface area contributed by atoms with Crippen molar-refractivity contribution in [3.8, 4) is 5.19 Å². The molecule has 0 spiro atoms. The van der Waals surface area contributed by atoms with Crippen LogP contribution < -0.4 is 9.64 Å². The molecule has 3 aromatic rings. The summed E-state index contributed by atoms with van der Waals surface area (Å²) >= 11 is 1.55. The number of anilines is 1. The number of aliphatic hydroxyl groups excluding tert-OH is 1. The first-order chi connectivity index (χ1) is 17.4. The normalized spacial score (nSPS) is 17.9. The van der Waals surface area contributed by atoms with Crippen LogP contribution in [0.4, 0.5) is 5.95 Å². The molecule has 1 N–H and O–H groups in total. The second-order valence-electron chi connectivity index (χ2n) is 9.26. The maximum absolute atomic E-state index is 12.4. The smallest absolute Gasteiger partial charge is 0.274 e. The van der Waals surface area contributed by atoms with Gasteiger partial charge in [0, 0.05) is 58.0 Å². The van der Waals surface area contributed by atoms with Crippen LogP contribution in [0, 0.1) is 6.92 Å². The van der Waals surface area contributed by atoms with Crippen LogP contribution in [0.3, 0.4) is 0 Å². The van der Waals surface area contributed by atoms with Crippen molar-refractivity contribution in [3.63, 3.8) is 0 Å². The Morgan fingerprint density at radius 3 is 2.64 bits per heavy atom. The fourth-order valence-electron chi connectivity index (χ4n) is 4.56. The predicted octanol–water partition coefficient (Wildman–Crippen LogP) is 3.24. The summed E-state index contributed by atoms with van der Waals surface area (Å²) in [5.41, 5.74) is 4.21. The molecule has 1 fully saturated rings. The Kier molecular flexibility index (Phi) is 7.52. The maximum atomic E-state index is 12.4. The molecule has 192 valence electrons. The molecule has 2 aromatic heterocycles. The van der Waals surface area contributed by atoms with Gasteiger partial charge in [0.1, 0.15) is 6.10 Å². The van der Waals surface area contributed by atoms with Crippen molar-refractivity contribution in [3.05, 3.63) is 47.8 Å². The molecule has 0 amide bonds. The van der Waals surface area contributed by atoms with Gasteiger partial charge < -0.3 is 14.7 Å². The van der Waals surface area contributed by atoms with Gasteiger partial charge in [-0.3, -0.25) is 0 Å². The third kappa shape index (κ3) is 5.69. The lowest BCUT2D eigenvalue weighted by atomic mass is 10.0. The zero-order valence-electron chi connectivity index (χ0n) is 20.3. The quantitative estimate of drug-likeness (QED) is 0.474. The highest BCUT2D eigenvalue weighted by Crippen LogP contribution is 2.33. The van der Waals surface area contributed by atoms with E-state index < -0.39 is 10.0 Å². The summed E-state index contributed by atoms with van der Waals surface area (Å²) in [5.74, 6) is 0.760. The number of sulfonamides is 1. The molecule has 5 rings (SSSR count). The number of piperidine rings is 1. The minimum Gasteiger partial charge on any atom is -0.467 e. The van der Waals surface area contributed by atoms with Crippen molar-refractivity contribution < 1.29 is 18.3 Å². The van der Waals surface area contributed by atoms with Gasteiger partial charge >= 0.3 is 0 Å². The van der Waals surface area contributed by atoms with Crippen LogP contribution in [-0.2, 0) is 10.0 Å². The fourth-order valence-corrected chi connectivity index (χ4v) is 6.90. The topological polar surface area (TPSA) is 109 Å². The van der Waals surface area contributed by atoms with Gasteiger partial charge in [-0.15, -0.1) is 0 Å². The van der Waals surface area contributed by atoms with Crippen molar-refractivity contribution in [1.82, 2.24) is 19.3 Å². The lowest BCUT2D eigenvalue weighted by Crippen LogP contribution is -2.39. The van der Waals surface area contributed by atoms with Gasteiger partial charge in [-0.25, -0.2) is 23.4 Å². The number of hydrogen-bond donors (Lipinski definition) is 1. The van der Waals surface area contributed by atoms with Gasteiger partial charge in [0.2, 0.25) is 16.0 Å². The van der Waals surface area contributed by atoms with Gasteiger partial charge in [-0.1, -0.05) is 23.5 Å². The summed E-state index contributed by atoms with van der Waals surface area (Å²) in [6.07, 6.45) is 8.52. The molecule has 11 heteroatoms. The highest BCUT2D eigenvalue weighted by Gasteiger charge is 2.25. The van der Waals surface area contributed by atoms with Crippen molar-refractivity contribution in [2.75, 3.05) is 43.4 Å². The van der Waals surface area contributed by atoms with E-state index in [2.05, 4.69) is 25.9 Å². The monoisotopic (exact) mass is 529 g/mol. The zero-order valence-corrected chi connectivity index (χ0v) is 22.0. The van der Waals surface area contributed by atoms with E-state index in [-0.39, 0.29) is 24.9 Å². The van der Waals surface area contributed by atoms with Crippen LogP contribution in [-0.4, -0.2) is 77.4 Å². The summed E-state index contributed by atoms with van der Waals surface area (Å²) in [5, 5.41) is 9.63. The third-order valence-electron chi connectivity index (χ3n) is 6.62. The molecule has 0 saturated carbocycles. The molecule has 1 aromatic carbocycles. The van der Waals surface area contributed by atoms with E-state index in [4.69, 9.17) is 9.84 Å². The minimum absolute atomic E-state index is 0.0129. The number of aryl methyl sites for hydroxylation is 1. The lowest BCUT2D eigenvalue weighted by molar-refractivity contribution is 0.170. The second-order valence-corrected chi connectivity index (χ2v) is 12.3. The molecule has 2 aliphatic rings. The van der Waals surface area contributed by atoms with E-state index in [1.54, 1.807) is 11.3 Å². The summed E-state index contributed by atoms with van der Waals surface area (Å²) < 4.78 is 33.6. The van der Waals surface area contributed by atoms with Crippen LogP contribution >= 0.6 is 11.3 Å². The molecule has 0 bridgehead atoms. The molecule has 9 nitrogen and oxygen atoms in total. The highest BCUT2D eigenvalue weighted by molar-refractivity contribution is 7.89. The summed E-state index contributed by atoms with van der Waals surface area (Å²) in [4.78, 5) is 15.7. The summed E-state index contributed by atoms with van der Waals surface area (Å²) in [7, 11) is -3.32. The van der Waals surface area contributed by atoms with Crippen LogP contribution in [0.5, 0.6) is 5.19 Å². The van der Waals surface area contributed by atoms with Gasteiger partial charge in [0.15, 0.2) is 0 Å². The number of benzene rings is 1. The Morgan fingerprint density at radius 2 is 1.94 bits per heavy atom. The fraction of sp³-hybridized carbons (Fsp3) is 0.480. The standard InChI is InChI=1S/C25H31N5O4S2/c1-18-16-26-24(27-17-18)29-9-7-21(8-10-29)34-25-28-22-4-3-20(15-23(22)35-25)19-5-11-30(12-6-19)36(32,33)14-2-13-31/h3-5,15-17,21,31H,2,6-14H2,1H3. The van der Waals surface area contributed by atoms with Crippen molar-refractivity contribution in [1.29, 1.82) is 0 Å². The van der Waals surface area contributed by atoms with Gasteiger partial charge in [-0.05, 0) is 48.6 Å². The van der Waals surface area contributed by atoms with E-state index in [0.29, 0.717) is 24.7 Å². The average molecular weight is 530 g/mol. The van der Waals surface area contributed by atoms with Crippen LogP contribution in [0.15, 0.2) is 36.7 Å². The number of hydrogen-bond acceptors (Lipinski definition) is 9. The summed E-state index contributed by atoms with van der Waals surface area (Å²) in [6, 6.07) is 6.18. The molecular weight excluding hydrogens is 498 g/mol. The van der Waals surface area contributed by atoms with Crippen LogP contribution in [0.25, 0.3) is 15.8 Å². The van der Waals surface area contributed by atoms with E-state index in [0.717, 1.165) is 58.8 Å². The zero-order chi connectivity index (χ0) is 25.1. The Morgan fingerprint density at radius 1 is 1.17 bits per heavy atom. The van der Waals surface area contributed by atoms with Crippen molar-refractivity contribution in [2.24, 2.45) is 0 Å². The molecular formula is C25H31N5O4S2. The highest BCUT2D eigenvalue weighted by atomic mass is 32.2. The number of nitrogens with zero attached hydrogens (tertiary/aromatic N) is 5. The maximum Gasteiger partial charge on any atom is 0.274 e. The Hall–Kier alpha value is -2.60. The number of aliphatic hydroxyl groups is 1. The number of rotatable bonds is 8. The molecule has 1 saturated heterocycles. The van der Waals surface area contributed by atoms with E-state index in [1.165, 1.54) is 4.31 Å². The Bertz CT molecular complexity index is 1330. The minimum atomic E-state index is -3.32. The average Bonchev–Trinajstić information content (AvgIpc) is 3.30. The largest absolute Gasteiger partial charge is 0.467 e. The first-order valence-corrected chi connectivity index (χ1v) is 14.7.